The van der Waals surface area contributed by atoms with Crippen molar-refractivity contribution in [3.63, 3.8) is 0 Å². The first-order chi connectivity index (χ1) is 10.2. The van der Waals surface area contributed by atoms with Crippen molar-refractivity contribution < 1.29 is 9.53 Å². The lowest BCUT2D eigenvalue weighted by Crippen LogP contribution is -2.12. The molecule has 1 amide bonds. The normalized spacial score (nSPS) is 9.71. The van der Waals surface area contributed by atoms with Crippen LogP contribution in [-0.4, -0.2) is 12.5 Å². The predicted molar refractivity (Wildman–Crippen MR) is 84.6 cm³/mol. The van der Waals surface area contributed by atoms with Crippen molar-refractivity contribution in [2.45, 2.75) is 13.3 Å². The van der Waals surface area contributed by atoms with Crippen LogP contribution in [0.1, 0.15) is 29.3 Å². The van der Waals surface area contributed by atoms with Crippen LogP contribution in [-0.2, 0) is 0 Å². The molecule has 2 rings (SSSR count). The first-order valence-corrected chi connectivity index (χ1v) is 6.84. The van der Waals surface area contributed by atoms with Gasteiger partial charge < -0.3 is 10.1 Å². The van der Waals surface area contributed by atoms with Crippen molar-refractivity contribution in [1.29, 1.82) is 0 Å². The molecule has 0 heterocycles. The Kier molecular flexibility index (Phi) is 5.00. The van der Waals surface area contributed by atoms with Gasteiger partial charge in [0.1, 0.15) is 5.75 Å². The van der Waals surface area contributed by atoms with Crippen LogP contribution in [0.2, 0.25) is 0 Å². The Morgan fingerprint density at radius 1 is 1.24 bits per heavy atom. The smallest absolute Gasteiger partial charge is 0.255 e. The standard InChI is InChI=1S/C18H17NO2/c1-3-11-21-17-10-6-8-15(13-17)18(20)19-16-9-5-7-14(4-2)12-16/h2,5-10,12-13H,3,11H2,1H3,(H,19,20). The van der Waals surface area contributed by atoms with E-state index in [9.17, 15) is 4.79 Å². The number of nitrogens with one attached hydrogen (secondary N) is 1. The summed E-state index contributed by atoms with van der Waals surface area (Å²) in [5, 5.41) is 2.83. The average molecular weight is 279 g/mol. The molecule has 0 radical (unpaired) electrons. The van der Waals surface area contributed by atoms with Crippen LogP contribution in [0.5, 0.6) is 5.75 Å². The Bertz CT molecular complexity index is 671. The third kappa shape index (κ3) is 4.12. The highest BCUT2D eigenvalue weighted by Gasteiger charge is 2.07. The molecule has 0 aliphatic heterocycles. The van der Waals surface area contributed by atoms with Crippen LogP contribution < -0.4 is 10.1 Å². The number of rotatable bonds is 5. The predicted octanol–water partition coefficient (Wildman–Crippen LogP) is 3.71. The Hall–Kier alpha value is -2.73. The average Bonchev–Trinajstić information content (AvgIpc) is 2.53. The van der Waals surface area contributed by atoms with E-state index >= 15 is 0 Å². The summed E-state index contributed by atoms with van der Waals surface area (Å²) in [5.74, 6) is 3.05. The molecule has 3 nitrogen and oxygen atoms in total. The molecule has 106 valence electrons. The molecular weight excluding hydrogens is 262 g/mol. The minimum absolute atomic E-state index is 0.189. The number of terminal acetylenes is 1. The molecule has 21 heavy (non-hydrogen) atoms. The lowest BCUT2D eigenvalue weighted by molar-refractivity contribution is 0.102. The molecule has 2 aromatic carbocycles. The van der Waals surface area contributed by atoms with Crippen LogP contribution in [0, 0.1) is 12.3 Å². The number of anilines is 1. The van der Waals surface area contributed by atoms with Crippen molar-refractivity contribution >= 4 is 11.6 Å². The Labute approximate surface area is 125 Å². The van der Waals surface area contributed by atoms with Gasteiger partial charge in [0.25, 0.3) is 5.91 Å². The Morgan fingerprint density at radius 3 is 2.81 bits per heavy atom. The second kappa shape index (κ2) is 7.16. The van der Waals surface area contributed by atoms with Crippen LogP contribution in [0.3, 0.4) is 0 Å². The van der Waals surface area contributed by atoms with Gasteiger partial charge >= 0.3 is 0 Å². The second-order valence-corrected chi connectivity index (χ2v) is 4.56. The molecule has 0 unspecified atom stereocenters. The maximum absolute atomic E-state index is 12.2. The van der Waals surface area contributed by atoms with E-state index in [4.69, 9.17) is 11.2 Å². The molecule has 0 bridgehead atoms. The molecule has 0 saturated carbocycles. The van der Waals surface area contributed by atoms with Gasteiger partial charge in [-0.1, -0.05) is 25.0 Å². The fourth-order valence-corrected chi connectivity index (χ4v) is 1.84. The van der Waals surface area contributed by atoms with Crippen LogP contribution >= 0.6 is 0 Å². The largest absolute Gasteiger partial charge is 0.494 e. The summed E-state index contributed by atoms with van der Waals surface area (Å²) in [5.41, 5.74) is 1.96. The van der Waals surface area contributed by atoms with Gasteiger partial charge in [-0.15, -0.1) is 6.42 Å². The van der Waals surface area contributed by atoms with Crippen molar-refractivity contribution in [3.05, 3.63) is 59.7 Å². The fourth-order valence-electron chi connectivity index (χ4n) is 1.84. The lowest BCUT2D eigenvalue weighted by atomic mass is 10.1. The molecule has 3 heteroatoms. The van der Waals surface area contributed by atoms with Crippen LogP contribution in [0.15, 0.2) is 48.5 Å². The van der Waals surface area contributed by atoms with Gasteiger partial charge in [-0.25, -0.2) is 0 Å². The van der Waals surface area contributed by atoms with E-state index in [-0.39, 0.29) is 5.91 Å². The Morgan fingerprint density at radius 2 is 2.05 bits per heavy atom. The highest BCUT2D eigenvalue weighted by atomic mass is 16.5. The van der Waals surface area contributed by atoms with Crippen molar-refractivity contribution in [2.24, 2.45) is 0 Å². The number of carbonyl (C=O) groups excluding carboxylic acids is 1. The topological polar surface area (TPSA) is 38.3 Å². The zero-order valence-electron chi connectivity index (χ0n) is 11.9. The van der Waals surface area contributed by atoms with Crippen molar-refractivity contribution in [2.75, 3.05) is 11.9 Å². The van der Waals surface area contributed by atoms with E-state index in [0.29, 0.717) is 23.6 Å². The van der Waals surface area contributed by atoms with Crippen LogP contribution in [0.4, 0.5) is 5.69 Å². The fraction of sp³-hybridized carbons (Fsp3) is 0.167. The first-order valence-electron chi connectivity index (χ1n) is 6.84. The summed E-state index contributed by atoms with van der Waals surface area (Å²) in [4.78, 5) is 12.2. The monoisotopic (exact) mass is 279 g/mol. The molecule has 0 atom stereocenters. The summed E-state index contributed by atoms with van der Waals surface area (Å²) in [6.45, 7) is 2.67. The number of hydrogen-bond acceptors (Lipinski definition) is 2. The highest BCUT2D eigenvalue weighted by molar-refractivity contribution is 6.04. The molecule has 0 fully saturated rings. The quantitative estimate of drug-likeness (QED) is 0.847. The Balaban J connectivity index is 2.11. The number of benzene rings is 2. The number of amides is 1. The van der Waals surface area contributed by atoms with Gasteiger partial charge in [-0.2, -0.15) is 0 Å². The van der Waals surface area contributed by atoms with Gasteiger partial charge in [0.2, 0.25) is 0 Å². The highest BCUT2D eigenvalue weighted by Crippen LogP contribution is 2.16. The third-order valence-corrected chi connectivity index (χ3v) is 2.86. The molecule has 1 N–H and O–H groups in total. The summed E-state index contributed by atoms with van der Waals surface area (Å²) in [6.07, 6.45) is 6.27. The number of ether oxygens (including phenoxy) is 1. The number of hydrogen-bond donors (Lipinski definition) is 1. The maximum Gasteiger partial charge on any atom is 0.255 e. The number of carbonyl (C=O) groups is 1. The van der Waals surface area contributed by atoms with E-state index in [1.165, 1.54) is 0 Å². The van der Waals surface area contributed by atoms with E-state index < -0.39 is 0 Å². The van der Waals surface area contributed by atoms with Crippen molar-refractivity contribution in [3.8, 4) is 18.1 Å². The third-order valence-electron chi connectivity index (χ3n) is 2.86. The van der Waals surface area contributed by atoms with E-state index in [0.717, 1.165) is 12.0 Å². The van der Waals surface area contributed by atoms with Gasteiger partial charge in [-0.05, 0) is 42.8 Å². The van der Waals surface area contributed by atoms with Gasteiger partial charge in [0.15, 0.2) is 0 Å². The lowest BCUT2D eigenvalue weighted by Gasteiger charge is -2.08. The maximum atomic E-state index is 12.2. The minimum atomic E-state index is -0.189. The summed E-state index contributed by atoms with van der Waals surface area (Å²) >= 11 is 0. The first kappa shape index (κ1) is 14.7. The SMILES string of the molecule is C#Cc1cccc(NC(=O)c2cccc(OCCC)c2)c1. The van der Waals surface area contributed by atoms with E-state index in [1.807, 2.05) is 25.1 Å². The zero-order chi connectivity index (χ0) is 15.1. The van der Waals surface area contributed by atoms with E-state index in [1.54, 1.807) is 30.3 Å². The minimum Gasteiger partial charge on any atom is -0.494 e. The molecular formula is C18H17NO2. The molecule has 0 aromatic heterocycles. The molecule has 0 aliphatic carbocycles. The summed E-state index contributed by atoms with van der Waals surface area (Å²) in [6, 6.07) is 14.3. The molecule has 0 saturated heterocycles. The van der Waals surface area contributed by atoms with Crippen molar-refractivity contribution in [1.82, 2.24) is 0 Å². The summed E-state index contributed by atoms with van der Waals surface area (Å²) in [7, 11) is 0. The van der Waals surface area contributed by atoms with Crippen LogP contribution in [0.25, 0.3) is 0 Å². The van der Waals surface area contributed by atoms with E-state index in [2.05, 4.69) is 11.2 Å². The van der Waals surface area contributed by atoms with Gasteiger partial charge in [0, 0.05) is 16.8 Å². The van der Waals surface area contributed by atoms with Gasteiger partial charge in [0.05, 0.1) is 6.61 Å². The van der Waals surface area contributed by atoms with Gasteiger partial charge in [-0.3, -0.25) is 4.79 Å². The molecule has 0 aliphatic rings. The zero-order valence-corrected chi connectivity index (χ0v) is 11.9. The molecule has 2 aromatic rings. The molecule has 0 spiro atoms. The second-order valence-electron chi connectivity index (χ2n) is 4.56. The summed E-state index contributed by atoms with van der Waals surface area (Å²) < 4.78 is 5.53.